The third kappa shape index (κ3) is 4.76. The minimum atomic E-state index is -4.20. The zero-order chi connectivity index (χ0) is 21.7. The van der Waals surface area contributed by atoms with Gasteiger partial charge in [0.1, 0.15) is 10.6 Å². The van der Waals surface area contributed by atoms with Crippen LogP contribution in [0.2, 0.25) is 0 Å². The smallest absolute Gasteiger partial charge is 0.265 e. The van der Waals surface area contributed by atoms with Gasteiger partial charge in [-0.2, -0.15) is 0 Å². The second-order valence-corrected chi connectivity index (χ2v) is 7.81. The lowest BCUT2D eigenvalue weighted by Gasteiger charge is -2.14. The van der Waals surface area contributed by atoms with Gasteiger partial charge in [-0.05, 0) is 48.0 Å². The van der Waals surface area contributed by atoms with Crippen LogP contribution in [0.4, 0.5) is 11.4 Å². The number of carboxylic acid groups (broad SMARTS) is 1. The molecule has 1 amide bonds. The second kappa shape index (κ2) is 8.66. The van der Waals surface area contributed by atoms with E-state index < -0.39 is 21.9 Å². The van der Waals surface area contributed by atoms with E-state index in [1.807, 2.05) is 0 Å². The van der Waals surface area contributed by atoms with Crippen LogP contribution in [0.1, 0.15) is 20.7 Å². The van der Waals surface area contributed by atoms with Gasteiger partial charge in [-0.15, -0.1) is 0 Å². The summed E-state index contributed by atoms with van der Waals surface area (Å²) in [5.74, 6) is -1.91. The number of ether oxygens (including phenoxy) is 1. The summed E-state index contributed by atoms with van der Waals surface area (Å²) in [6, 6.07) is 17.9. The van der Waals surface area contributed by atoms with Crippen molar-refractivity contribution in [3.05, 3.63) is 83.9 Å². The summed E-state index contributed by atoms with van der Waals surface area (Å²) >= 11 is 0. The van der Waals surface area contributed by atoms with E-state index in [0.29, 0.717) is 5.69 Å². The molecule has 0 unspecified atom stereocenters. The predicted molar refractivity (Wildman–Crippen MR) is 109 cm³/mol. The number of carbonyl (C=O) groups excluding carboxylic acids is 2. The van der Waals surface area contributed by atoms with Crippen LogP contribution >= 0.6 is 0 Å². The lowest BCUT2D eigenvalue weighted by Crippen LogP contribution is -2.22. The zero-order valence-corrected chi connectivity index (χ0v) is 16.6. The molecular weight excluding hydrogens is 408 g/mol. The molecule has 2 N–H and O–H groups in total. The molecular formula is C21H17N2O6S-. The van der Waals surface area contributed by atoms with Crippen molar-refractivity contribution in [2.24, 2.45) is 0 Å². The quantitative estimate of drug-likeness (QED) is 0.597. The number of anilines is 2. The number of para-hydroxylation sites is 1. The fourth-order valence-corrected chi connectivity index (χ4v) is 3.92. The van der Waals surface area contributed by atoms with E-state index in [1.54, 1.807) is 30.3 Å². The third-order valence-corrected chi connectivity index (χ3v) is 5.50. The number of rotatable bonds is 7. The van der Waals surface area contributed by atoms with Crippen LogP contribution < -0.4 is 19.9 Å². The SMILES string of the molecule is COc1ccc(C(=O)Nc2ccccc2)cc1S(=O)(=O)Nc1cccc(C(=O)[O-])c1. The van der Waals surface area contributed by atoms with Crippen LogP contribution in [0.15, 0.2) is 77.7 Å². The topological polar surface area (TPSA) is 125 Å². The highest BCUT2D eigenvalue weighted by molar-refractivity contribution is 7.92. The summed E-state index contributed by atoms with van der Waals surface area (Å²) in [6.07, 6.45) is 0. The third-order valence-electron chi connectivity index (χ3n) is 4.10. The Kier molecular flexibility index (Phi) is 6.03. The van der Waals surface area contributed by atoms with E-state index in [0.717, 1.165) is 6.07 Å². The molecule has 0 aromatic heterocycles. The van der Waals surface area contributed by atoms with Crippen LogP contribution in [0.5, 0.6) is 5.75 Å². The Labute approximate surface area is 173 Å². The molecule has 0 bridgehead atoms. The fraction of sp³-hybridized carbons (Fsp3) is 0.0476. The van der Waals surface area contributed by atoms with Crippen molar-refractivity contribution in [2.45, 2.75) is 4.90 Å². The summed E-state index contributed by atoms with van der Waals surface area (Å²) < 4.78 is 33.2. The van der Waals surface area contributed by atoms with Gasteiger partial charge in [-0.3, -0.25) is 9.52 Å². The maximum absolute atomic E-state index is 12.9. The Morgan fingerprint density at radius 1 is 0.867 bits per heavy atom. The molecule has 30 heavy (non-hydrogen) atoms. The molecule has 0 heterocycles. The number of aromatic carboxylic acids is 1. The fourth-order valence-electron chi connectivity index (χ4n) is 2.67. The molecule has 3 rings (SSSR count). The lowest BCUT2D eigenvalue weighted by molar-refractivity contribution is -0.255. The molecule has 9 heteroatoms. The minimum absolute atomic E-state index is 0.0230. The second-order valence-electron chi connectivity index (χ2n) is 6.16. The van der Waals surface area contributed by atoms with Crippen molar-refractivity contribution >= 4 is 33.3 Å². The van der Waals surface area contributed by atoms with E-state index in [4.69, 9.17) is 4.74 Å². The number of nitrogens with one attached hydrogen (secondary N) is 2. The van der Waals surface area contributed by atoms with Gasteiger partial charge >= 0.3 is 0 Å². The number of hydrogen-bond donors (Lipinski definition) is 2. The molecule has 0 aliphatic carbocycles. The Bertz CT molecular complexity index is 1190. The van der Waals surface area contributed by atoms with Gasteiger partial charge in [0.05, 0.1) is 13.1 Å². The number of sulfonamides is 1. The summed E-state index contributed by atoms with van der Waals surface area (Å²) in [5, 5.41) is 13.7. The van der Waals surface area contributed by atoms with Crippen molar-refractivity contribution in [3.63, 3.8) is 0 Å². The van der Waals surface area contributed by atoms with Gasteiger partial charge in [-0.1, -0.05) is 30.3 Å². The minimum Gasteiger partial charge on any atom is -0.545 e. The molecule has 154 valence electrons. The molecule has 0 saturated carbocycles. The maximum atomic E-state index is 12.9. The first-order valence-electron chi connectivity index (χ1n) is 8.69. The van der Waals surface area contributed by atoms with Gasteiger partial charge in [0.2, 0.25) is 0 Å². The number of amides is 1. The van der Waals surface area contributed by atoms with E-state index >= 15 is 0 Å². The number of carbonyl (C=O) groups is 2. The first-order valence-corrected chi connectivity index (χ1v) is 10.2. The van der Waals surface area contributed by atoms with Crippen LogP contribution in [0, 0.1) is 0 Å². The number of hydrogen-bond acceptors (Lipinski definition) is 6. The summed E-state index contributed by atoms with van der Waals surface area (Å²) in [5.41, 5.74) is 0.500. The van der Waals surface area contributed by atoms with Gasteiger partial charge in [0.25, 0.3) is 15.9 Å². The summed E-state index contributed by atoms with van der Waals surface area (Å²) in [6.45, 7) is 0. The maximum Gasteiger partial charge on any atom is 0.265 e. The standard InChI is InChI=1S/C21H18N2O6S/c1-29-18-11-10-14(20(24)22-16-7-3-2-4-8-16)13-19(18)30(27,28)23-17-9-5-6-15(12-17)21(25)26/h2-13,23H,1H3,(H,22,24)(H,25,26)/p-1. The van der Waals surface area contributed by atoms with Crippen molar-refractivity contribution in [1.82, 2.24) is 0 Å². The Balaban J connectivity index is 1.93. The van der Waals surface area contributed by atoms with Crippen molar-refractivity contribution in [2.75, 3.05) is 17.1 Å². The molecule has 0 atom stereocenters. The molecule has 8 nitrogen and oxygen atoms in total. The normalized spacial score (nSPS) is 10.8. The van der Waals surface area contributed by atoms with Crippen LogP contribution in [-0.4, -0.2) is 27.4 Å². The van der Waals surface area contributed by atoms with Crippen molar-refractivity contribution < 1.29 is 27.9 Å². The Morgan fingerprint density at radius 3 is 2.23 bits per heavy atom. The molecule has 0 saturated heterocycles. The van der Waals surface area contributed by atoms with E-state index in [9.17, 15) is 23.1 Å². The first-order chi connectivity index (χ1) is 14.3. The average Bonchev–Trinajstić information content (AvgIpc) is 2.73. The molecule has 3 aromatic rings. The van der Waals surface area contributed by atoms with Gasteiger partial charge in [0, 0.05) is 16.9 Å². The average molecular weight is 425 g/mol. The summed E-state index contributed by atoms with van der Waals surface area (Å²) in [4.78, 5) is 23.3. The van der Waals surface area contributed by atoms with Crippen molar-refractivity contribution in [1.29, 1.82) is 0 Å². The molecule has 0 aliphatic heterocycles. The monoisotopic (exact) mass is 425 g/mol. The summed E-state index contributed by atoms with van der Waals surface area (Å²) in [7, 11) is -2.90. The van der Waals surface area contributed by atoms with E-state index in [2.05, 4.69) is 10.0 Å². The highest BCUT2D eigenvalue weighted by atomic mass is 32.2. The van der Waals surface area contributed by atoms with Gasteiger partial charge in [0.15, 0.2) is 0 Å². The van der Waals surface area contributed by atoms with Crippen LogP contribution in [-0.2, 0) is 10.0 Å². The Hall–Kier alpha value is -3.85. The van der Waals surface area contributed by atoms with Gasteiger partial charge in [-0.25, -0.2) is 8.42 Å². The zero-order valence-electron chi connectivity index (χ0n) is 15.8. The highest BCUT2D eigenvalue weighted by Gasteiger charge is 2.22. The number of carboxylic acids is 1. The molecule has 0 fully saturated rings. The largest absolute Gasteiger partial charge is 0.545 e. The number of benzene rings is 3. The highest BCUT2D eigenvalue weighted by Crippen LogP contribution is 2.27. The van der Waals surface area contributed by atoms with Crippen molar-refractivity contribution in [3.8, 4) is 5.75 Å². The van der Waals surface area contributed by atoms with E-state index in [-0.39, 0.29) is 27.5 Å². The molecule has 0 spiro atoms. The molecule has 3 aromatic carbocycles. The predicted octanol–water partition coefficient (Wildman–Crippen LogP) is 2.11. The molecule has 0 aliphatic rings. The number of methoxy groups -OCH3 is 1. The lowest BCUT2D eigenvalue weighted by atomic mass is 10.2. The van der Waals surface area contributed by atoms with Crippen LogP contribution in [0.3, 0.4) is 0 Å². The Morgan fingerprint density at radius 2 is 1.57 bits per heavy atom. The first kappa shape index (κ1) is 20.9. The van der Waals surface area contributed by atoms with Crippen LogP contribution in [0.25, 0.3) is 0 Å². The van der Waals surface area contributed by atoms with Gasteiger partial charge < -0.3 is 20.0 Å². The molecule has 0 radical (unpaired) electrons. The van der Waals surface area contributed by atoms with E-state index in [1.165, 1.54) is 43.5 Å².